The largest absolute Gasteiger partial charge is 0.437 e. The number of para-hydroxylation sites is 2. The van der Waals surface area contributed by atoms with Gasteiger partial charge in [0.25, 0.3) is 0 Å². The highest BCUT2D eigenvalue weighted by Gasteiger charge is 2.16. The van der Waals surface area contributed by atoms with E-state index in [2.05, 4.69) is 108 Å². The topological polar surface area (TPSA) is 59.2 Å². The number of furan rings is 1. The first-order chi connectivity index (χ1) is 23.2. The highest BCUT2D eigenvalue weighted by atomic mass is 16.3. The Labute approximate surface area is 268 Å². The lowest BCUT2D eigenvalue weighted by Gasteiger charge is -2.09. The summed E-state index contributed by atoms with van der Waals surface area (Å²) >= 11 is 0. The number of nitriles is 1. The minimum absolute atomic E-state index is 0.652. The van der Waals surface area contributed by atoms with Gasteiger partial charge in [0.15, 0.2) is 0 Å². The molecule has 10 aromatic rings. The van der Waals surface area contributed by atoms with E-state index < -0.39 is 0 Å². The summed E-state index contributed by atoms with van der Waals surface area (Å²) in [7, 11) is 0. The van der Waals surface area contributed by atoms with Gasteiger partial charge in [-0.25, -0.2) is 4.98 Å². The van der Waals surface area contributed by atoms with E-state index in [9.17, 15) is 5.26 Å². The predicted octanol–water partition coefficient (Wildman–Crippen LogP) is 10.7. The highest BCUT2D eigenvalue weighted by Crippen LogP contribution is 2.37. The van der Waals surface area contributed by atoms with E-state index in [1.54, 1.807) is 0 Å². The van der Waals surface area contributed by atoms with Gasteiger partial charge < -0.3 is 8.98 Å². The van der Waals surface area contributed by atoms with Crippen molar-refractivity contribution in [3.63, 3.8) is 0 Å². The first kappa shape index (κ1) is 25.7. The zero-order chi connectivity index (χ0) is 31.1. The van der Waals surface area contributed by atoms with Gasteiger partial charge in [-0.05, 0) is 106 Å². The molecule has 4 heterocycles. The average molecular weight is 601 g/mol. The molecule has 0 aliphatic rings. The molecule has 6 aromatic carbocycles. The molecule has 5 heteroatoms. The SMILES string of the molecule is N#Cc1ccc2c3cc(-c4ccc5cc(-c6ccc7nc8c9ccccc9oc8n7c6)ccc5c4)ccc3n(-c3ccccc3)c2c1. The molecule has 0 spiro atoms. The van der Waals surface area contributed by atoms with Crippen LogP contribution in [-0.4, -0.2) is 14.0 Å². The Bertz CT molecular complexity index is 2920. The second-order valence-corrected chi connectivity index (χ2v) is 12.0. The maximum Gasteiger partial charge on any atom is 0.232 e. The molecule has 0 unspecified atom stereocenters. The lowest BCUT2D eigenvalue weighted by molar-refractivity contribution is 0.649. The van der Waals surface area contributed by atoms with Crippen LogP contribution < -0.4 is 0 Å². The molecule has 10 rings (SSSR count). The van der Waals surface area contributed by atoms with Crippen molar-refractivity contribution in [1.82, 2.24) is 14.0 Å². The summed E-state index contributed by atoms with van der Waals surface area (Å²) in [6.07, 6.45) is 2.11. The average Bonchev–Trinajstić information content (AvgIpc) is 3.78. The molecule has 4 aromatic heterocycles. The third-order valence-electron chi connectivity index (χ3n) is 9.34. The molecule has 0 fully saturated rings. The van der Waals surface area contributed by atoms with E-state index in [1.165, 1.54) is 10.8 Å². The van der Waals surface area contributed by atoms with Crippen molar-refractivity contribution in [3.8, 4) is 34.0 Å². The molecule has 0 bridgehead atoms. The van der Waals surface area contributed by atoms with E-state index in [1.807, 2.05) is 52.9 Å². The van der Waals surface area contributed by atoms with Crippen LogP contribution in [0.3, 0.4) is 0 Å². The van der Waals surface area contributed by atoms with Crippen LogP contribution in [0.5, 0.6) is 0 Å². The maximum atomic E-state index is 9.62. The summed E-state index contributed by atoms with van der Waals surface area (Å²) in [6, 6.07) is 50.8. The molecule has 0 saturated carbocycles. The molecule has 218 valence electrons. The number of pyridine rings is 1. The minimum atomic E-state index is 0.652. The van der Waals surface area contributed by atoms with Crippen molar-refractivity contribution in [2.75, 3.05) is 0 Å². The first-order valence-corrected chi connectivity index (χ1v) is 15.6. The number of hydrogen-bond donors (Lipinski definition) is 0. The van der Waals surface area contributed by atoms with E-state index >= 15 is 0 Å². The van der Waals surface area contributed by atoms with Crippen LogP contribution in [-0.2, 0) is 0 Å². The van der Waals surface area contributed by atoms with E-state index in [0.29, 0.717) is 5.56 Å². The highest BCUT2D eigenvalue weighted by molar-refractivity contribution is 6.11. The quantitative estimate of drug-likeness (QED) is 0.203. The summed E-state index contributed by atoms with van der Waals surface area (Å²) < 4.78 is 10.5. The Balaban J connectivity index is 1.06. The zero-order valence-electron chi connectivity index (χ0n) is 25.1. The zero-order valence-corrected chi connectivity index (χ0v) is 25.1. The first-order valence-electron chi connectivity index (χ1n) is 15.6. The molecule has 0 amide bonds. The van der Waals surface area contributed by atoms with Crippen molar-refractivity contribution in [1.29, 1.82) is 5.26 Å². The molecule has 0 saturated heterocycles. The molecule has 0 radical (unpaired) electrons. The van der Waals surface area contributed by atoms with Gasteiger partial charge in [0.1, 0.15) is 16.7 Å². The van der Waals surface area contributed by atoms with Crippen LogP contribution in [0, 0.1) is 11.3 Å². The number of rotatable bonds is 3. The van der Waals surface area contributed by atoms with Crippen LogP contribution >= 0.6 is 0 Å². The molecule has 5 nitrogen and oxygen atoms in total. The van der Waals surface area contributed by atoms with E-state index in [-0.39, 0.29) is 0 Å². The van der Waals surface area contributed by atoms with Crippen molar-refractivity contribution >= 4 is 60.4 Å². The number of hydrogen-bond acceptors (Lipinski definition) is 3. The van der Waals surface area contributed by atoms with Gasteiger partial charge in [0.05, 0.1) is 22.7 Å². The minimum Gasteiger partial charge on any atom is -0.437 e. The Hall–Kier alpha value is -6.64. The van der Waals surface area contributed by atoms with Crippen LogP contribution in [0.15, 0.2) is 150 Å². The van der Waals surface area contributed by atoms with Crippen molar-refractivity contribution < 1.29 is 4.42 Å². The lowest BCUT2D eigenvalue weighted by Crippen LogP contribution is -1.93. The Morgan fingerprint density at radius 3 is 2.13 bits per heavy atom. The summed E-state index contributed by atoms with van der Waals surface area (Å²) in [5.41, 5.74) is 11.8. The van der Waals surface area contributed by atoms with Crippen molar-refractivity contribution in [3.05, 3.63) is 151 Å². The van der Waals surface area contributed by atoms with Crippen molar-refractivity contribution in [2.24, 2.45) is 0 Å². The second-order valence-electron chi connectivity index (χ2n) is 12.0. The summed E-state index contributed by atoms with van der Waals surface area (Å²) in [5, 5.41) is 15.3. The fourth-order valence-corrected chi connectivity index (χ4v) is 7.05. The number of fused-ring (bicyclic) bond motifs is 9. The third-order valence-corrected chi connectivity index (χ3v) is 9.34. The van der Waals surface area contributed by atoms with Gasteiger partial charge in [-0.3, -0.25) is 4.40 Å². The smallest absolute Gasteiger partial charge is 0.232 e. The Morgan fingerprint density at radius 1 is 0.574 bits per heavy atom. The molecule has 0 atom stereocenters. The molecule has 0 aliphatic heterocycles. The summed E-state index contributed by atoms with van der Waals surface area (Å²) in [6.45, 7) is 0. The lowest BCUT2D eigenvalue weighted by atomic mass is 9.97. The molecular weight excluding hydrogens is 576 g/mol. The van der Waals surface area contributed by atoms with Gasteiger partial charge in [-0.15, -0.1) is 0 Å². The molecule has 47 heavy (non-hydrogen) atoms. The molecular formula is C42H24N4O. The third kappa shape index (κ3) is 3.86. The number of imidazole rings is 1. The molecule has 0 N–H and O–H groups in total. The maximum absolute atomic E-state index is 9.62. The van der Waals surface area contributed by atoms with E-state index in [0.717, 1.165) is 77.6 Å². The van der Waals surface area contributed by atoms with Crippen LogP contribution in [0.1, 0.15) is 5.56 Å². The number of nitrogens with zero attached hydrogens (tertiary/aromatic N) is 4. The van der Waals surface area contributed by atoms with Crippen LogP contribution in [0.4, 0.5) is 0 Å². The van der Waals surface area contributed by atoms with E-state index in [4.69, 9.17) is 9.40 Å². The number of benzene rings is 6. The van der Waals surface area contributed by atoms with Crippen LogP contribution in [0.2, 0.25) is 0 Å². The van der Waals surface area contributed by atoms with Gasteiger partial charge in [-0.2, -0.15) is 5.26 Å². The fraction of sp³-hybridized carbons (Fsp3) is 0. The fourth-order valence-electron chi connectivity index (χ4n) is 7.05. The normalized spacial score (nSPS) is 11.8. The van der Waals surface area contributed by atoms with Gasteiger partial charge in [0.2, 0.25) is 5.71 Å². The molecule has 0 aliphatic carbocycles. The second kappa shape index (κ2) is 9.68. The Morgan fingerprint density at radius 2 is 1.30 bits per heavy atom. The van der Waals surface area contributed by atoms with Crippen molar-refractivity contribution in [2.45, 2.75) is 0 Å². The van der Waals surface area contributed by atoms with Crippen LogP contribution in [0.25, 0.3) is 88.4 Å². The standard InChI is InChI=1S/C42H24N4O/c43-24-26-10-17-34-36-23-31(15-18-37(36)46(38(34)20-26)33-6-2-1-3-7-33)29-12-11-28-22-30(14-13-27(28)21-29)32-16-19-40-44-41-35-8-4-5-9-39(35)47-42(41)45(40)25-32/h1-23,25H. The van der Waals surface area contributed by atoms with Gasteiger partial charge in [0, 0.05) is 28.0 Å². The summed E-state index contributed by atoms with van der Waals surface area (Å²) in [4.78, 5) is 4.84. The van der Waals surface area contributed by atoms with Gasteiger partial charge in [-0.1, -0.05) is 66.7 Å². The predicted molar refractivity (Wildman–Crippen MR) is 190 cm³/mol. The monoisotopic (exact) mass is 600 g/mol. The number of aromatic nitrogens is 3. The summed E-state index contributed by atoms with van der Waals surface area (Å²) in [5.74, 6) is 0. The Kier molecular flexibility index (Phi) is 5.28. The van der Waals surface area contributed by atoms with Gasteiger partial charge >= 0.3 is 0 Å².